The summed E-state index contributed by atoms with van der Waals surface area (Å²) in [5, 5.41) is 16.0. The summed E-state index contributed by atoms with van der Waals surface area (Å²) in [4.78, 5) is 23.2. The minimum atomic E-state index is -1.13. The molecule has 1 aliphatic rings. The molecule has 102 valence electrons. The standard InChI is InChI=1S/C13H12N4O3/c14-7-1-3-8(4-2-7)17-11-9(5-6-15-12(11)18)10(16-17)13(19)20/h1-4H,5-6,14H2,(H,15,18)(H,19,20). The van der Waals surface area contributed by atoms with Gasteiger partial charge in [-0.05, 0) is 30.7 Å². The molecule has 0 radical (unpaired) electrons. The van der Waals surface area contributed by atoms with Gasteiger partial charge in [-0.2, -0.15) is 5.10 Å². The predicted octanol–water partition coefficient (Wildman–Crippen LogP) is 0.439. The Balaban J connectivity index is 2.23. The molecule has 1 aromatic heterocycles. The number of aromatic carboxylic acids is 1. The van der Waals surface area contributed by atoms with Crippen molar-refractivity contribution in [2.24, 2.45) is 0 Å². The molecule has 0 aliphatic carbocycles. The van der Waals surface area contributed by atoms with Crippen LogP contribution in [0.4, 0.5) is 5.69 Å². The molecule has 2 aromatic rings. The number of nitrogens with one attached hydrogen (secondary N) is 1. The van der Waals surface area contributed by atoms with Crippen molar-refractivity contribution in [1.29, 1.82) is 0 Å². The highest BCUT2D eigenvalue weighted by molar-refractivity contribution is 5.99. The first-order valence-corrected chi connectivity index (χ1v) is 6.07. The average Bonchev–Trinajstić information content (AvgIpc) is 2.81. The number of benzene rings is 1. The van der Waals surface area contributed by atoms with Crippen LogP contribution in [-0.4, -0.2) is 33.3 Å². The summed E-state index contributed by atoms with van der Waals surface area (Å²) >= 11 is 0. The third-order valence-corrected chi connectivity index (χ3v) is 3.20. The van der Waals surface area contributed by atoms with Crippen molar-refractivity contribution in [3.63, 3.8) is 0 Å². The molecule has 0 atom stereocenters. The van der Waals surface area contributed by atoms with Gasteiger partial charge in [0.15, 0.2) is 5.69 Å². The molecular formula is C13H12N4O3. The second kappa shape index (κ2) is 4.37. The Morgan fingerprint density at radius 2 is 2.05 bits per heavy atom. The summed E-state index contributed by atoms with van der Waals surface area (Å²) in [5.74, 6) is -1.45. The summed E-state index contributed by atoms with van der Waals surface area (Å²) in [6, 6.07) is 6.72. The van der Waals surface area contributed by atoms with E-state index >= 15 is 0 Å². The number of carbonyl (C=O) groups excluding carboxylic acids is 1. The summed E-state index contributed by atoms with van der Waals surface area (Å²) in [5.41, 5.74) is 7.47. The second-order valence-electron chi connectivity index (χ2n) is 4.49. The van der Waals surface area contributed by atoms with Crippen molar-refractivity contribution in [3.8, 4) is 5.69 Å². The zero-order chi connectivity index (χ0) is 14.3. The number of carboxylic acid groups (broad SMARTS) is 1. The molecule has 2 heterocycles. The van der Waals surface area contributed by atoms with Crippen LogP contribution in [0.15, 0.2) is 24.3 Å². The van der Waals surface area contributed by atoms with E-state index in [4.69, 9.17) is 5.73 Å². The van der Waals surface area contributed by atoms with E-state index in [1.54, 1.807) is 24.3 Å². The molecule has 0 bridgehead atoms. The van der Waals surface area contributed by atoms with Crippen LogP contribution in [0.25, 0.3) is 5.69 Å². The fourth-order valence-electron chi connectivity index (χ4n) is 2.28. The molecule has 0 saturated carbocycles. The number of carboxylic acids is 1. The normalized spacial score (nSPS) is 13.7. The van der Waals surface area contributed by atoms with Crippen molar-refractivity contribution in [2.75, 3.05) is 12.3 Å². The van der Waals surface area contributed by atoms with E-state index in [0.717, 1.165) is 0 Å². The molecule has 0 saturated heterocycles. The van der Waals surface area contributed by atoms with Crippen molar-refractivity contribution in [3.05, 3.63) is 41.2 Å². The Hall–Kier alpha value is -2.83. The SMILES string of the molecule is Nc1ccc(-n2nc(C(=O)O)c3c2C(=O)NCC3)cc1. The summed E-state index contributed by atoms with van der Waals surface area (Å²) in [6.45, 7) is 0.416. The third kappa shape index (κ3) is 1.80. The molecule has 0 fully saturated rings. The quantitative estimate of drug-likeness (QED) is 0.687. The molecule has 4 N–H and O–H groups in total. The summed E-state index contributed by atoms with van der Waals surface area (Å²) in [6.07, 6.45) is 0.456. The zero-order valence-corrected chi connectivity index (χ0v) is 10.5. The molecule has 7 nitrogen and oxygen atoms in total. The van der Waals surface area contributed by atoms with Gasteiger partial charge in [0, 0.05) is 17.8 Å². The van der Waals surface area contributed by atoms with E-state index in [0.29, 0.717) is 29.9 Å². The van der Waals surface area contributed by atoms with Gasteiger partial charge >= 0.3 is 5.97 Å². The lowest BCUT2D eigenvalue weighted by molar-refractivity contribution is 0.0689. The van der Waals surface area contributed by atoms with Gasteiger partial charge in [-0.15, -0.1) is 0 Å². The maximum Gasteiger partial charge on any atom is 0.356 e. The van der Waals surface area contributed by atoms with Crippen LogP contribution in [0.3, 0.4) is 0 Å². The number of rotatable bonds is 2. The van der Waals surface area contributed by atoms with Crippen LogP contribution in [-0.2, 0) is 6.42 Å². The number of aromatic nitrogens is 2. The highest BCUT2D eigenvalue weighted by atomic mass is 16.4. The first-order chi connectivity index (χ1) is 9.58. The largest absolute Gasteiger partial charge is 0.476 e. The molecule has 1 aromatic carbocycles. The number of amides is 1. The van der Waals surface area contributed by atoms with E-state index in [2.05, 4.69) is 10.4 Å². The van der Waals surface area contributed by atoms with Gasteiger partial charge in [-0.25, -0.2) is 9.48 Å². The van der Waals surface area contributed by atoms with E-state index in [9.17, 15) is 14.7 Å². The molecule has 1 amide bonds. The smallest absolute Gasteiger partial charge is 0.356 e. The molecule has 20 heavy (non-hydrogen) atoms. The third-order valence-electron chi connectivity index (χ3n) is 3.20. The first kappa shape index (κ1) is 12.2. The number of nitrogens with zero attached hydrogens (tertiary/aromatic N) is 2. The van der Waals surface area contributed by atoms with E-state index in [-0.39, 0.29) is 17.3 Å². The number of anilines is 1. The molecule has 0 unspecified atom stereocenters. The molecule has 0 spiro atoms. The fourth-order valence-corrected chi connectivity index (χ4v) is 2.28. The zero-order valence-electron chi connectivity index (χ0n) is 10.5. The number of hydrogen-bond acceptors (Lipinski definition) is 4. The number of hydrogen-bond donors (Lipinski definition) is 3. The number of carbonyl (C=O) groups is 2. The lowest BCUT2D eigenvalue weighted by Gasteiger charge is -2.14. The molecule has 7 heteroatoms. The minimum absolute atomic E-state index is 0.0772. The van der Waals surface area contributed by atoms with Gasteiger partial charge in [-0.3, -0.25) is 4.79 Å². The molecule has 1 aliphatic heterocycles. The van der Waals surface area contributed by atoms with Gasteiger partial charge in [0.2, 0.25) is 0 Å². The summed E-state index contributed by atoms with van der Waals surface area (Å²) in [7, 11) is 0. The Labute approximate surface area is 114 Å². The number of nitrogens with two attached hydrogens (primary N) is 1. The average molecular weight is 272 g/mol. The maximum absolute atomic E-state index is 12.0. The number of nitrogen functional groups attached to an aromatic ring is 1. The van der Waals surface area contributed by atoms with Gasteiger partial charge in [-0.1, -0.05) is 0 Å². The van der Waals surface area contributed by atoms with Gasteiger partial charge in [0.25, 0.3) is 5.91 Å². The topological polar surface area (TPSA) is 110 Å². The van der Waals surface area contributed by atoms with Crippen molar-refractivity contribution in [1.82, 2.24) is 15.1 Å². The van der Waals surface area contributed by atoms with Crippen LogP contribution >= 0.6 is 0 Å². The Bertz CT molecular complexity index is 703. The Kier molecular flexibility index (Phi) is 2.67. The highest BCUT2D eigenvalue weighted by Crippen LogP contribution is 2.22. The monoisotopic (exact) mass is 272 g/mol. The Morgan fingerprint density at radius 1 is 1.35 bits per heavy atom. The lowest BCUT2D eigenvalue weighted by Crippen LogP contribution is -2.33. The maximum atomic E-state index is 12.0. The first-order valence-electron chi connectivity index (χ1n) is 6.07. The highest BCUT2D eigenvalue weighted by Gasteiger charge is 2.30. The van der Waals surface area contributed by atoms with Gasteiger partial charge < -0.3 is 16.2 Å². The van der Waals surface area contributed by atoms with Gasteiger partial charge in [0.05, 0.1) is 5.69 Å². The number of fused-ring (bicyclic) bond motifs is 1. The van der Waals surface area contributed by atoms with E-state index < -0.39 is 5.97 Å². The lowest BCUT2D eigenvalue weighted by atomic mass is 10.1. The van der Waals surface area contributed by atoms with Crippen LogP contribution in [0, 0.1) is 0 Å². The Morgan fingerprint density at radius 3 is 2.70 bits per heavy atom. The summed E-state index contributed by atoms with van der Waals surface area (Å²) < 4.78 is 1.35. The van der Waals surface area contributed by atoms with Gasteiger partial charge in [0.1, 0.15) is 5.69 Å². The van der Waals surface area contributed by atoms with Crippen LogP contribution in [0.2, 0.25) is 0 Å². The minimum Gasteiger partial charge on any atom is -0.476 e. The predicted molar refractivity (Wildman–Crippen MR) is 71.0 cm³/mol. The van der Waals surface area contributed by atoms with Crippen LogP contribution in [0.1, 0.15) is 26.5 Å². The van der Waals surface area contributed by atoms with Crippen molar-refractivity contribution >= 4 is 17.6 Å². The van der Waals surface area contributed by atoms with Crippen LogP contribution < -0.4 is 11.1 Å². The van der Waals surface area contributed by atoms with Crippen LogP contribution in [0.5, 0.6) is 0 Å². The molecule has 3 rings (SSSR count). The second-order valence-corrected chi connectivity index (χ2v) is 4.49. The molecular weight excluding hydrogens is 260 g/mol. The van der Waals surface area contributed by atoms with Crippen molar-refractivity contribution < 1.29 is 14.7 Å². The van der Waals surface area contributed by atoms with E-state index in [1.165, 1.54) is 4.68 Å². The van der Waals surface area contributed by atoms with Crippen molar-refractivity contribution in [2.45, 2.75) is 6.42 Å². The fraction of sp³-hybridized carbons (Fsp3) is 0.154. The van der Waals surface area contributed by atoms with E-state index in [1.807, 2.05) is 0 Å².